The van der Waals surface area contributed by atoms with Crippen LogP contribution < -0.4 is 5.73 Å². The van der Waals surface area contributed by atoms with Crippen LogP contribution in [0, 0.1) is 39.4 Å². The molecule has 2 atom stereocenters. The second-order valence-corrected chi connectivity index (χ2v) is 6.86. The zero-order valence-corrected chi connectivity index (χ0v) is 14.7. The fourth-order valence-electron chi connectivity index (χ4n) is 4.37. The molecule has 1 aliphatic rings. The van der Waals surface area contributed by atoms with Crippen molar-refractivity contribution in [1.82, 2.24) is 0 Å². The highest BCUT2D eigenvalue weighted by Gasteiger charge is 2.69. The van der Waals surface area contributed by atoms with Crippen LogP contribution in [0.4, 0.5) is 0 Å². The molecule has 2 aromatic carbocycles. The molecule has 4 nitrogen and oxygen atoms in total. The Kier molecular flexibility index (Phi) is 3.83. The van der Waals surface area contributed by atoms with Crippen LogP contribution >= 0.6 is 0 Å². The number of nitrogens with zero attached hydrogens (tertiary/aromatic N) is 3. The molecule has 0 heterocycles. The molecule has 0 saturated heterocycles. The zero-order valence-electron chi connectivity index (χ0n) is 14.7. The Balaban J connectivity index is 2.51. The second-order valence-electron chi connectivity index (χ2n) is 6.86. The van der Waals surface area contributed by atoms with Crippen molar-refractivity contribution in [1.29, 1.82) is 15.8 Å². The molecule has 126 valence electrons. The van der Waals surface area contributed by atoms with Crippen LogP contribution in [0.3, 0.4) is 0 Å². The Hall–Kier alpha value is -3.55. The fourth-order valence-corrected chi connectivity index (χ4v) is 4.37. The lowest BCUT2D eigenvalue weighted by molar-refractivity contribution is 0.238. The predicted octanol–water partition coefficient (Wildman–Crippen LogP) is 3.69. The highest BCUT2D eigenvalue weighted by molar-refractivity contribution is 5.65. The summed E-state index contributed by atoms with van der Waals surface area (Å²) in [6.07, 6.45) is 0. The summed E-state index contributed by atoms with van der Waals surface area (Å²) in [6.45, 7) is 3.76. The minimum Gasteiger partial charge on any atom is -0.399 e. The summed E-state index contributed by atoms with van der Waals surface area (Å²) >= 11 is 0. The van der Waals surface area contributed by atoms with Crippen molar-refractivity contribution in [2.24, 2.45) is 11.1 Å². The first-order valence-electron chi connectivity index (χ1n) is 8.28. The van der Waals surface area contributed by atoms with E-state index in [2.05, 4.69) is 18.2 Å². The van der Waals surface area contributed by atoms with E-state index in [9.17, 15) is 15.8 Å². The summed E-state index contributed by atoms with van der Waals surface area (Å²) in [5, 5.41) is 30.1. The van der Waals surface area contributed by atoms with Gasteiger partial charge in [-0.2, -0.15) is 15.8 Å². The number of allylic oxidation sites excluding steroid dienone is 2. The Morgan fingerprint density at radius 3 is 1.65 bits per heavy atom. The molecule has 0 amide bonds. The number of hydrogen-bond acceptors (Lipinski definition) is 4. The maximum absolute atomic E-state index is 10.1. The van der Waals surface area contributed by atoms with E-state index in [0.29, 0.717) is 0 Å². The van der Waals surface area contributed by atoms with Crippen molar-refractivity contribution in [2.75, 3.05) is 0 Å². The average Bonchev–Trinajstić information content (AvgIpc) is 2.85. The van der Waals surface area contributed by atoms with Gasteiger partial charge in [0.15, 0.2) is 5.41 Å². The van der Waals surface area contributed by atoms with Crippen LogP contribution in [0.15, 0.2) is 71.9 Å². The molecule has 0 aliphatic heterocycles. The van der Waals surface area contributed by atoms with Crippen LogP contribution in [-0.2, 0) is 10.8 Å². The third kappa shape index (κ3) is 1.75. The number of rotatable bonds is 2. The minimum absolute atomic E-state index is 0.0442. The van der Waals surface area contributed by atoms with Gasteiger partial charge in [-0.15, -0.1) is 0 Å². The molecule has 0 bridgehead atoms. The molecule has 0 unspecified atom stereocenters. The van der Waals surface area contributed by atoms with E-state index < -0.39 is 16.2 Å². The van der Waals surface area contributed by atoms with Gasteiger partial charge in [-0.25, -0.2) is 0 Å². The molecule has 0 spiro atoms. The fraction of sp³-hybridized carbons (Fsp3) is 0.227. The Labute approximate surface area is 153 Å². The smallest absolute Gasteiger partial charge is 0.194 e. The number of nitriles is 3. The van der Waals surface area contributed by atoms with Crippen LogP contribution in [-0.4, -0.2) is 0 Å². The largest absolute Gasteiger partial charge is 0.399 e. The van der Waals surface area contributed by atoms with Crippen molar-refractivity contribution >= 4 is 0 Å². The molecule has 26 heavy (non-hydrogen) atoms. The molecular weight excluding hydrogens is 320 g/mol. The average molecular weight is 338 g/mol. The first kappa shape index (κ1) is 17.3. The van der Waals surface area contributed by atoms with Gasteiger partial charge in [0.25, 0.3) is 0 Å². The van der Waals surface area contributed by atoms with Crippen molar-refractivity contribution in [3.05, 3.63) is 83.1 Å². The number of hydrogen-bond donors (Lipinski definition) is 1. The van der Waals surface area contributed by atoms with Gasteiger partial charge < -0.3 is 5.73 Å². The van der Waals surface area contributed by atoms with Gasteiger partial charge in [0, 0.05) is 10.8 Å². The van der Waals surface area contributed by atoms with Gasteiger partial charge in [-0.3, -0.25) is 0 Å². The highest BCUT2D eigenvalue weighted by atomic mass is 14.8. The molecular formula is C22H18N4. The predicted molar refractivity (Wildman–Crippen MR) is 98.1 cm³/mol. The molecule has 3 rings (SSSR count). The lowest BCUT2D eigenvalue weighted by Gasteiger charge is -2.47. The molecule has 0 radical (unpaired) electrons. The summed E-state index contributed by atoms with van der Waals surface area (Å²) in [4.78, 5) is 0. The molecule has 1 aliphatic carbocycles. The van der Waals surface area contributed by atoms with E-state index in [1.807, 2.05) is 74.5 Å². The van der Waals surface area contributed by atoms with Crippen LogP contribution in [0.2, 0.25) is 0 Å². The molecule has 0 fully saturated rings. The topological polar surface area (TPSA) is 97.4 Å². The van der Waals surface area contributed by atoms with Gasteiger partial charge in [0.05, 0.1) is 29.5 Å². The molecule has 4 heteroatoms. The first-order chi connectivity index (χ1) is 12.4. The van der Waals surface area contributed by atoms with Gasteiger partial charge in [0.2, 0.25) is 0 Å². The molecule has 0 aromatic heterocycles. The SMILES string of the molecule is C[C@@]1(c2ccccc2)C(C#N)=C(N)C(C#N)(C#N)[C@@]1(C)c1ccccc1. The quantitative estimate of drug-likeness (QED) is 0.903. The third-order valence-corrected chi connectivity index (χ3v) is 6.07. The molecule has 0 saturated carbocycles. The summed E-state index contributed by atoms with van der Waals surface area (Å²) in [6, 6.07) is 25.4. The van der Waals surface area contributed by atoms with Crippen LogP contribution in [0.5, 0.6) is 0 Å². The minimum atomic E-state index is -1.65. The molecule has 2 N–H and O–H groups in total. The van der Waals surface area contributed by atoms with Crippen molar-refractivity contribution in [3.63, 3.8) is 0 Å². The lowest BCUT2D eigenvalue weighted by atomic mass is 9.51. The lowest BCUT2D eigenvalue weighted by Crippen LogP contribution is -2.52. The van der Waals surface area contributed by atoms with E-state index in [0.717, 1.165) is 11.1 Å². The summed E-state index contributed by atoms with van der Waals surface area (Å²) in [5.74, 6) is 0. The van der Waals surface area contributed by atoms with Crippen molar-refractivity contribution < 1.29 is 0 Å². The first-order valence-corrected chi connectivity index (χ1v) is 8.28. The van der Waals surface area contributed by atoms with E-state index >= 15 is 0 Å². The Bertz CT molecular complexity index is 988. The van der Waals surface area contributed by atoms with E-state index in [1.54, 1.807) is 0 Å². The van der Waals surface area contributed by atoms with Crippen LogP contribution in [0.1, 0.15) is 25.0 Å². The maximum Gasteiger partial charge on any atom is 0.194 e. The Morgan fingerprint density at radius 2 is 1.23 bits per heavy atom. The van der Waals surface area contributed by atoms with Gasteiger partial charge in [-0.1, -0.05) is 67.6 Å². The Morgan fingerprint density at radius 1 is 0.769 bits per heavy atom. The summed E-state index contributed by atoms with van der Waals surface area (Å²) < 4.78 is 0. The van der Waals surface area contributed by atoms with Crippen molar-refractivity contribution in [2.45, 2.75) is 24.7 Å². The van der Waals surface area contributed by atoms with E-state index in [4.69, 9.17) is 5.73 Å². The normalized spacial score (nSPS) is 26.6. The summed E-state index contributed by atoms with van der Waals surface area (Å²) in [7, 11) is 0. The molecule has 2 aromatic rings. The van der Waals surface area contributed by atoms with Gasteiger partial charge in [-0.05, 0) is 18.1 Å². The second kappa shape index (κ2) is 5.76. The maximum atomic E-state index is 10.1. The van der Waals surface area contributed by atoms with Gasteiger partial charge >= 0.3 is 0 Å². The highest BCUT2D eigenvalue weighted by Crippen LogP contribution is 2.64. The number of benzene rings is 2. The van der Waals surface area contributed by atoms with E-state index in [1.165, 1.54) is 0 Å². The zero-order chi connectivity index (χ0) is 19.0. The summed E-state index contributed by atoms with van der Waals surface area (Å²) in [5.41, 5.74) is 4.67. The third-order valence-electron chi connectivity index (χ3n) is 6.07. The van der Waals surface area contributed by atoms with E-state index in [-0.39, 0.29) is 11.3 Å². The standard InChI is InChI=1S/C22H18N4/c1-20(16-9-5-3-6-10-16)18(13-23)19(26)22(14-24,15-25)21(20,2)17-11-7-4-8-12-17/h3-12H,26H2,1-2H3/t20-,21+/m1/s1. The van der Waals surface area contributed by atoms with Gasteiger partial charge in [0.1, 0.15) is 0 Å². The van der Waals surface area contributed by atoms with Crippen molar-refractivity contribution in [3.8, 4) is 18.2 Å². The van der Waals surface area contributed by atoms with Crippen LogP contribution in [0.25, 0.3) is 0 Å². The number of nitrogens with two attached hydrogens (primary N) is 1. The monoisotopic (exact) mass is 338 g/mol.